The Hall–Kier alpha value is -1.84. The van der Waals surface area contributed by atoms with Gasteiger partial charge in [-0.25, -0.2) is 0 Å². The maximum Gasteiger partial charge on any atom is 0.313 e. The molecule has 0 bridgehead atoms. The molecule has 0 heterocycles. The lowest BCUT2D eigenvalue weighted by Gasteiger charge is -2.30. The number of carbonyl (C=O) groups excluding carboxylic acids is 2. The maximum atomic E-state index is 12.2. The standard InChI is InChI=1S/C17H24N2O2/c1-12-9-10-15(13(2)11-12)18-16(20)17(21)19(3)14-7-5-4-6-8-14/h9-11,14H,4-8H2,1-3H3,(H,18,20). The highest BCUT2D eigenvalue weighted by Crippen LogP contribution is 2.22. The first-order valence-electron chi connectivity index (χ1n) is 7.64. The van der Waals surface area contributed by atoms with Crippen LogP contribution in [-0.2, 0) is 9.59 Å². The molecule has 1 aliphatic rings. The molecule has 0 spiro atoms. The molecule has 1 N–H and O–H groups in total. The molecule has 0 saturated heterocycles. The third-order valence-electron chi connectivity index (χ3n) is 4.27. The molecule has 2 amide bonds. The minimum Gasteiger partial charge on any atom is -0.335 e. The SMILES string of the molecule is Cc1ccc(NC(=O)C(=O)N(C)C2CCCCC2)c(C)c1. The summed E-state index contributed by atoms with van der Waals surface area (Å²) in [5.74, 6) is -0.989. The van der Waals surface area contributed by atoms with Crippen LogP contribution in [0.4, 0.5) is 5.69 Å². The number of aryl methyl sites for hydroxylation is 2. The summed E-state index contributed by atoms with van der Waals surface area (Å²) < 4.78 is 0. The zero-order valence-electron chi connectivity index (χ0n) is 13.1. The van der Waals surface area contributed by atoms with Crippen LogP contribution in [0.25, 0.3) is 0 Å². The fourth-order valence-electron chi connectivity index (χ4n) is 2.92. The molecular formula is C17H24N2O2. The molecule has 0 aromatic heterocycles. The van der Waals surface area contributed by atoms with Gasteiger partial charge in [-0.15, -0.1) is 0 Å². The first kappa shape index (κ1) is 15.5. The largest absolute Gasteiger partial charge is 0.335 e. The summed E-state index contributed by atoms with van der Waals surface area (Å²) in [5, 5.41) is 2.73. The van der Waals surface area contributed by atoms with Gasteiger partial charge in [0.25, 0.3) is 0 Å². The molecule has 1 aromatic carbocycles. The summed E-state index contributed by atoms with van der Waals surface area (Å²) in [7, 11) is 1.74. The molecule has 1 aromatic rings. The van der Waals surface area contributed by atoms with Gasteiger partial charge in [0, 0.05) is 18.8 Å². The topological polar surface area (TPSA) is 49.4 Å². The van der Waals surface area contributed by atoms with Gasteiger partial charge < -0.3 is 10.2 Å². The third-order valence-corrected chi connectivity index (χ3v) is 4.27. The Balaban J connectivity index is 2.00. The van der Waals surface area contributed by atoms with Crippen LogP contribution in [0.1, 0.15) is 43.2 Å². The van der Waals surface area contributed by atoms with E-state index < -0.39 is 11.8 Å². The summed E-state index contributed by atoms with van der Waals surface area (Å²) in [6, 6.07) is 5.97. The molecule has 0 radical (unpaired) electrons. The van der Waals surface area contributed by atoms with Gasteiger partial charge in [0.1, 0.15) is 0 Å². The van der Waals surface area contributed by atoms with E-state index in [1.165, 1.54) is 6.42 Å². The summed E-state index contributed by atoms with van der Waals surface area (Å²) in [6.45, 7) is 3.93. The fraction of sp³-hybridized carbons (Fsp3) is 0.529. The van der Waals surface area contributed by atoms with E-state index in [1.807, 2.05) is 32.0 Å². The Morgan fingerprint density at radius 1 is 1.14 bits per heavy atom. The Morgan fingerprint density at radius 2 is 1.81 bits per heavy atom. The zero-order valence-corrected chi connectivity index (χ0v) is 13.1. The van der Waals surface area contributed by atoms with Crippen LogP contribution in [-0.4, -0.2) is 29.8 Å². The fourth-order valence-corrected chi connectivity index (χ4v) is 2.92. The highest BCUT2D eigenvalue weighted by atomic mass is 16.2. The van der Waals surface area contributed by atoms with Crippen molar-refractivity contribution in [3.8, 4) is 0 Å². The summed E-state index contributed by atoms with van der Waals surface area (Å²) in [4.78, 5) is 26.0. The number of amides is 2. The summed E-state index contributed by atoms with van der Waals surface area (Å²) in [6.07, 6.45) is 5.51. The van der Waals surface area contributed by atoms with Crippen molar-refractivity contribution in [2.24, 2.45) is 0 Å². The highest BCUT2D eigenvalue weighted by Gasteiger charge is 2.26. The quantitative estimate of drug-likeness (QED) is 0.850. The van der Waals surface area contributed by atoms with Crippen molar-refractivity contribution in [2.75, 3.05) is 12.4 Å². The van der Waals surface area contributed by atoms with Gasteiger partial charge in [0.05, 0.1) is 0 Å². The minimum atomic E-state index is -0.546. The van der Waals surface area contributed by atoms with Crippen molar-refractivity contribution >= 4 is 17.5 Å². The van der Waals surface area contributed by atoms with E-state index in [4.69, 9.17) is 0 Å². The number of nitrogens with zero attached hydrogens (tertiary/aromatic N) is 1. The second kappa shape index (κ2) is 6.74. The third kappa shape index (κ3) is 3.84. The van der Waals surface area contributed by atoms with Crippen LogP contribution in [0.3, 0.4) is 0 Å². The molecule has 4 nitrogen and oxygen atoms in total. The monoisotopic (exact) mass is 288 g/mol. The zero-order chi connectivity index (χ0) is 15.4. The van der Waals surface area contributed by atoms with Crippen molar-refractivity contribution in [3.63, 3.8) is 0 Å². The van der Waals surface area contributed by atoms with E-state index in [0.29, 0.717) is 5.69 Å². The normalized spacial score (nSPS) is 15.6. The van der Waals surface area contributed by atoms with Gasteiger partial charge in [0.2, 0.25) is 0 Å². The number of rotatable bonds is 2. The second-order valence-electron chi connectivity index (χ2n) is 5.98. The molecule has 1 fully saturated rings. The average Bonchev–Trinajstić information content (AvgIpc) is 2.49. The van der Waals surface area contributed by atoms with Crippen molar-refractivity contribution in [1.29, 1.82) is 0 Å². The number of likely N-dealkylation sites (N-methyl/N-ethyl adjacent to an activating group) is 1. The average molecular weight is 288 g/mol. The van der Waals surface area contributed by atoms with Crippen LogP contribution < -0.4 is 5.32 Å². The van der Waals surface area contributed by atoms with Gasteiger partial charge >= 0.3 is 11.8 Å². The lowest BCUT2D eigenvalue weighted by molar-refractivity contribution is -0.144. The first-order valence-corrected chi connectivity index (χ1v) is 7.64. The Bertz CT molecular complexity index is 534. The molecule has 0 aliphatic heterocycles. The molecule has 2 rings (SSSR count). The van der Waals surface area contributed by atoms with Gasteiger partial charge in [-0.3, -0.25) is 9.59 Å². The van der Waals surface area contributed by atoms with Gasteiger partial charge in [-0.2, -0.15) is 0 Å². The van der Waals surface area contributed by atoms with E-state index in [1.54, 1.807) is 11.9 Å². The smallest absolute Gasteiger partial charge is 0.313 e. The van der Waals surface area contributed by atoms with Gasteiger partial charge in [-0.05, 0) is 38.3 Å². The predicted molar refractivity (Wildman–Crippen MR) is 84.2 cm³/mol. The second-order valence-corrected chi connectivity index (χ2v) is 5.98. The lowest BCUT2D eigenvalue weighted by Crippen LogP contribution is -2.44. The van der Waals surface area contributed by atoms with Crippen LogP contribution in [0.2, 0.25) is 0 Å². The number of benzene rings is 1. The molecular weight excluding hydrogens is 264 g/mol. The molecule has 4 heteroatoms. The molecule has 21 heavy (non-hydrogen) atoms. The molecule has 0 atom stereocenters. The summed E-state index contributed by atoms with van der Waals surface area (Å²) >= 11 is 0. The van der Waals surface area contributed by atoms with Gasteiger partial charge in [0.15, 0.2) is 0 Å². The molecule has 0 unspecified atom stereocenters. The molecule has 1 saturated carbocycles. The minimum absolute atomic E-state index is 0.205. The highest BCUT2D eigenvalue weighted by molar-refractivity contribution is 6.39. The maximum absolute atomic E-state index is 12.2. The van der Waals surface area contributed by atoms with E-state index in [9.17, 15) is 9.59 Å². The summed E-state index contributed by atoms with van der Waals surface area (Å²) in [5.41, 5.74) is 2.81. The van der Waals surface area contributed by atoms with E-state index in [0.717, 1.165) is 36.8 Å². The van der Waals surface area contributed by atoms with Crippen LogP contribution in [0, 0.1) is 13.8 Å². The number of nitrogens with one attached hydrogen (secondary N) is 1. The lowest BCUT2D eigenvalue weighted by atomic mass is 9.94. The van der Waals surface area contributed by atoms with E-state index >= 15 is 0 Å². The Morgan fingerprint density at radius 3 is 2.43 bits per heavy atom. The van der Waals surface area contributed by atoms with Crippen molar-refractivity contribution in [2.45, 2.75) is 52.0 Å². The van der Waals surface area contributed by atoms with Crippen LogP contribution >= 0.6 is 0 Å². The predicted octanol–water partition coefficient (Wildman–Crippen LogP) is 3.03. The van der Waals surface area contributed by atoms with E-state index in [2.05, 4.69) is 5.32 Å². The number of hydrogen-bond acceptors (Lipinski definition) is 2. The molecule has 1 aliphatic carbocycles. The first-order chi connectivity index (χ1) is 9.99. The van der Waals surface area contributed by atoms with Crippen molar-refractivity contribution < 1.29 is 9.59 Å². The van der Waals surface area contributed by atoms with Crippen molar-refractivity contribution in [1.82, 2.24) is 4.90 Å². The number of carbonyl (C=O) groups is 2. The number of hydrogen-bond donors (Lipinski definition) is 1. The van der Waals surface area contributed by atoms with Crippen LogP contribution in [0.15, 0.2) is 18.2 Å². The van der Waals surface area contributed by atoms with Crippen molar-refractivity contribution in [3.05, 3.63) is 29.3 Å². The van der Waals surface area contributed by atoms with E-state index in [-0.39, 0.29) is 6.04 Å². The van der Waals surface area contributed by atoms with Crippen LogP contribution in [0.5, 0.6) is 0 Å². The Kier molecular flexibility index (Phi) is 4.99. The molecule has 114 valence electrons. The number of anilines is 1. The Labute approximate surface area is 126 Å². The van der Waals surface area contributed by atoms with Gasteiger partial charge in [-0.1, -0.05) is 37.0 Å².